The third-order valence-electron chi connectivity index (χ3n) is 5.54. The molecule has 164 valence electrons. The van der Waals surface area contributed by atoms with Gasteiger partial charge in [0.1, 0.15) is 0 Å². The van der Waals surface area contributed by atoms with Gasteiger partial charge in [0.15, 0.2) is 0 Å². The van der Waals surface area contributed by atoms with Crippen molar-refractivity contribution < 1.29 is 9.90 Å². The van der Waals surface area contributed by atoms with E-state index in [4.69, 9.17) is 11.6 Å². The maximum atomic E-state index is 13.1. The Bertz CT molecular complexity index is 822. The molecule has 4 heteroatoms. The van der Waals surface area contributed by atoms with Crippen molar-refractivity contribution in [2.75, 3.05) is 5.32 Å². The van der Waals surface area contributed by atoms with Crippen LogP contribution >= 0.6 is 11.6 Å². The standard InChI is InChI=1S/C26H36ClNO2/c1-6-7-8-9-21(19-10-13-22(27)14-11-19)17-25(30)28-24-16-20(18(2)29)12-15-23(24)26(3,4)5/h10-16,18,21,29H,6-9,17H2,1-5H3,(H,28,30). The fourth-order valence-corrected chi connectivity index (χ4v) is 3.89. The molecule has 0 aliphatic heterocycles. The van der Waals surface area contributed by atoms with E-state index in [9.17, 15) is 9.90 Å². The van der Waals surface area contributed by atoms with Crippen molar-refractivity contribution in [2.24, 2.45) is 0 Å². The Hall–Kier alpha value is -1.84. The molecule has 0 aromatic heterocycles. The molecular formula is C26H36ClNO2. The van der Waals surface area contributed by atoms with Crippen LogP contribution in [0.25, 0.3) is 0 Å². The summed E-state index contributed by atoms with van der Waals surface area (Å²) in [6, 6.07) is 13.7. The number of aliphatic hydroxyl groups is 1. The molecule has 0 bridgehead atoms. The van der Waals surface area contributed by atoms with Crippen molar-refractivity contribution in [3.8, 4) is 0 Å². The topological polar surface area (TPSA) is 49.3 Å². The number of unbranched alkanes of at least 4 members (excludes halogenated alkanes) is 2. The molecule has 2 rings (SSSR count). The van der Waals surface area contributed by atoms with Crippen molar-refractivity contribution in [1.82, 2.24) is 0 Å². The molecule has 2 aromatic carbocycles. The van der Waals surface area contributed by atoms with Crippen molar-refractivity contribution in [3.63, 3.8) is 0 Å². The number of aliphatic hydroxyl groups excluding tert-OH is 1. The van der Waals surface area contributed by atoms with Gasteiger partial charge < -0.3 is 10.4 Å². The van der Waals surface area contributed by atoms with Crippen LogP contribution in [0.3, 0.4) is 0 Å². The van der Waals surface area contributed by atoms with Crippen molar-refractivity contribution in [1.29, 1.82) is 0 Å². The predicted octanol–water partition coefficient (Wildman–Crippen LogP) is 7.38. The number of amides is 1. The minimum atomic E-state index is -0.578. The molecule has 0 aliphatic rings. The number of anilines is 1. The first-order chi connectivity index (χ1) is 14.1. The molecule has 2 aromatic rings. The maximum absolute atomic E-state index is 13.1. The van der Waals surface area contributed by atoms with Gasteiger partial charge >= 0.3 is 0 Å². The van der Waals surface area contributed by atoms with E-state index in [1.807, 2.05) is 42.5 Å². The monoisotopic (exact) mass is 429 g/mol. The Balaban J connectivity index is 2.23. The van der Waals surface area contributed by atoms with E-state index in [0.717, 1.165) is 48.1 Å². The molecule has 0 saturated heterocycles. The second-order valence-electron chi connectivity index (χ2n) is 9.23. The van der Waals surface area contributed by atoms with Crippen LogP contribution in [0.15, 0.2) is 42.5 Å². The van der Waals surface area contributed by atoms with E-state index in [-0.39, 0.29) is 17.2 Å². The van der Waals surface area contributed by atoms with Gasteiger partial charge in [0.25, 0.3) is 0 Å². The minimum Gasteiger partial charge on any atom is -0.389 e. The van der Waals surface area contributed by atoms with Crippen LogP contribution in [0.4, 0.5) is 5.69 Å². The van der Waals surface area contributed by atoms with Gasteiger partial charge in [-0.1, -0.05) is 82.8 Å². The fraction of sp³-hybridized carbons (Fsp3) is 0.500. The molecule has 0 saturated carbocycles. The largest absolute Gasteiger partial charge is 0.389 e. The Morgan fingerprint density at radius 1 is 1.07 bits per heavy atom. The molecule has 2 atom stereocenters. The minimum absolute atomic E-state index is 0.000286. The quantitative estimate of drug-likeness (QED) is 0.408. The van der Waals surface area contributed by atoms with Crippen molar-refractivity contribution in [3.05, 3.63) is 64.2 Å². The van der Waals surface area contributed by atoms with Gasteiger partial charge in [-0.05, 0) is 59.6 Å². The zero-order chi connectivity index (χ0) is 22.3. The second-order valence-corrected chi connectivity index (χ2v) is 9.66. The number of benzene rings is 2. The van der Waals surface area contributed by atoms with Crippen molar-refractivity contribution >= 4 is 23.2 Å². The third-order valence-corrected chi connectivity index (χ3v) is 5.79. The van der Waals surface area contributed by atoms with Crippen molar-refractivity contribution in [2.45, 2.75) is 84.2 Å². The highest BCUT2D eigenvalue weighted by Gasteiger charge is 2.22. The van der Waals surface area contributed by atoms with E-state index >= 15 is 0 Å². The smallest absolute Gasteiger partial charge is 0.224 e. The van der Waals surface area contributed by atoms with E-state index < -0.39 is 6.10 Å². The van der Waals surface area contributed by atoms with Gasteiger partial charge in [0.05, 0.1) is 6.10 Å². The number of nitrogens with one attached hydrogen (secondary N) is 1. The van der Waals surface area contributed by atoms with Crippen LogP contribution < -0.4 is 5.32 Å². The summed E-state index contributed by atoms with van der Waals surface area (Å²) in [5.41, 5.74) is 3.69. The average Bonchev–Trinajstić information content (AvgIpc) is 2.67. The second kappa shape index (κ2) is 11.0. The summed E-state index contributed by atoms with van der Waals surface area (Å²) >= 11 is 6.06. The van der Waals surface area contributed by atoms with Crippen LogP contribution in [-0.4, -0.2) is 11.0 Å². The molecule has 0 radical (unpaired) electrons. The highest BCUT2D eigenvalue weighted by atomic mass is 35.5. The molecular weight excluding hydrogens is 394 g/mol. The van der Waals surface area contributed by atoms with Crippen LogP contribution in [0.2, 0.25) is 5.02 Å². The molecule has 0 aliphatic carbocycles. The molecule has 2 unspecified atom stereocenters. The molecule has 1 amide bonds. The summed E-state index contributed by atoms with van der Waals surface area (Å²) in [5.74, 6) is 0.159. The Morgan fingerprint density at radius 2 is 1.70 bits per heavy atom. The highest BCUT2D eigenvalue weighted by molar-refractivity contribution is 6.30. The SMILES string of the molecule is CCCCCC(CC(=O)Nc1cc(C(C)O)ccc1C(C)(C)C)c1ccc(Cl)cc1. The molecule has 2 N–H and O–H groups in total. The zero-order valence-corrected chi connectivity index (χ0v) is 19.7. The van der Waals surface area contributed by atoms with Crippen LogP contribution in [0, 0.1) is 0 Å². The Labute approximate surface area is 186 Å². The molecule has 0 heterocycles. The summed E-state index contributed by atoms with van der Waals surface area (Å²) in [7, 11) is 0. The van der Waals surface area contributed by atoms with Gasteiger partial charge in [0, 0.05) is 17.1 Å². The number of hydrogen-bond acceptors (Lipinski definition) is 2. The lowest BCUT2D eigenvalue weighted by atomic mass is 9.84. The first-order valence-corrected chi connectivity index (χ1v) is 11.4. The van der Waals surface area contributed by atoms with E-state index in [1.165, 1.54) is 0 Å². The fourth-order valence-electron chi connectivity index (χ4n) is 3.77. The summed E-state index contributed by atoms with van der Waals surface area (Å²) in [6.45, 7) is 10.3. The van der Waals surface area contributed by atoms with Gasteiger partial charge in [-0.3, -0.25) is 4.79 Å². The number of carbonyl (C=O) groups is 1. The summed E-state index contributed by atoms with van der Waals surface area (Å²) in [6.07, 6.45) is 4.24. The van der Waals surface area contributed by atoms with Gasteiger partial charge in [-0.15, -0.1) is 0 Å². The summed E-state index contributed by atoms with van der Waals surface area (Å²) < 4.78 is 0. The normalized spacial score (nSPS) is 13.7. The van der Waals surface area contributed by atoms with Gasteiger partial charge in [-0.25, -0.2) is 0 Å². The predicted molar refractivity (Wildman–Crippen MR) is 127 cm³/mol. The van der Waals surface area contributed by atoms with E-state index in [2.05, 4.69) is 33.0 Å². The lowest BCUT2D eigenvalue weighted by molar-refractivity contribution is -0.116. The Morgan fingerprint density at radius 3 is 2.27 bits per heavy atom. The van der Waals surface area contributed by atoms with Gasteiger partial charge in [-0.2, -0.15) is 0 Å². The van der Waals surface area contributed by atoms with E-state index in [1.54, 1.807) is 6.92 Å². The number of halogens is 1. The number of hydrogen-bond donors (Lipinski definition) is 2. The van der Waals surface area contributed by atoms with Crippen LogP contribution in [0.5, 0.6) is 0 Å². The summed E-state index contributed by atoms with van der Waals surface area (Å²) in [5, 5.41) is 13.8. The van der Waals surface area contributed by atoms with Crippen LogP contribution in [-0.2, 0) is 10.2 Å². The number of rotatable bonds is 9. The molecule has 0 fully saturated rings. The molecule has 0 spiro atoms. The third kappa shape index (κ3) is 7.14. The number of carbonyl (C=O) groups excluding carboxylic acids is 1. The van der Waals surface area contributed by atoms with E-state index in [0.29, 0.717) is 11.4 Å². The summed E-state index contributed by atoms with van der Waals surface area (Å²) in [4.78, 5) is 13.1. The lowest BCUT2D eigenvalue weighted by Crippen LogP contribution is -2.20. The van der Waals surface area contributed by atoms with Gasteiger partial charge in [0.2, 0.25) is 5.91 Å². The first kappa shape index (κ1) is 24.4. The zero-order valence-electron chi connectivity index (χ0n) is 19.0. The van der Waals surface area contributed by atoms with Crippen LogP contribution in [0.1, 0.15) is 95.4 Å². The highest BCUT2D eigenvalue weighted by Crippen LogP contribution is 2.33. The Kier molecular flexibility index (Phi) is 8.93. The molecule has 3 nitrogen and oxygen atoms in total. The lowest BCUT2D eigenvalue weighted by Gasteiger charge is -2.25. The maximum Gasteiger partial charge on any atom is 0.224 e. The first-order valence-electron chi connectivity index (χ1n) is 11.0. The average molecular weight is 430 g/mol. The molecule has 30 heavy (non-hydrogen) atoms.